The number of amides is 1. The summed E-state index contributed by atoms with van der Waals surface area (Å²) in [6, 6.07) is 11.0. The SMILES string of the molecule is CCN(CCCCCC(=O)NCCCCCCNc1nc2c(N)ncnc2n1[C@@H]1O[C@H](COP(=O)(O)O)[C@@H](OP(=O)(O)O)[C@H]1O)c1ccc2cc(-c3cc[n+](CCCS(=O)(=O)O)cc3)c(=O)oc2c1. The highest BCUT2D eigenvalue weighted by atomic mass is 32.2. The third-order valence-corrected chi connectivity index (χ3v) is 13.1. The number of hydrogen-bond acceptors (Lipinski definition) is 17. The van der Waals surface area contributed by atoms with Crippen molar-refractivity contribution in [2.75, 3.05) is 54.5 Å². The van der Waals surface area contributed by atoms with Crippen LogP contribution in [0.15, 0.2) is 64.3 Å². The van der Waals surface area contributed by atoms with Gasteiger partial charge in [-0.2, -0.15) is 8.42 Å². The van der Waals surface area contributed by atoms with E-state index >= 15 is 0 Å². The van der Waals surface area contributed by atoms with E-state index in [1.165, 1.54) is 4.57 Å². The Balaban J connectivity index is 0.896. The minimum atomic E-state index is -5.22. The summed E-state index contributed by atoms with van der Waals surface area (Å²) < 4.78 is 77.9. The first kappa shape index (κ1) is 53.4. The number of imidazole rings is 1. The Labute approximate surface area is 396 Å². The average Bonchev–Trinajstić information content (AvgIpc) is 3.79. The molecule has 5 aromatic rings. The molecule has 1 aliphatic rings. The first-order valence-corrected chi connectivity index (χ1v) is 26.9. The number of nitrogens with zero attached hydrogens (tertiary/aromatic N) is 6. The van der Waals surface area contributed by atoms with E-state index in [9.17, 15) is 51.8 Å². The molecule has 25 nitrogen and oxygen atoms in total. The van der Waals surface area contributed by atoms with Gasteiger partial charge in [0.05, 0.1) is 17.9 Å². The molecule has 69 heavy (non-hydrogen) atoms. The molecule has 0 spiro atoms. The predicted octanol–water partition coefficient (Wildman–Crippen LogP) is 2.77. The Kier molecular flexibility index (Phi) is 18.4. The van der Waals surface area contributed by atoms with Crippen LogP contribution >= 0.6 is 15.6 Å². The molecular weight excluding hydrogens is 969 g/mol. The standard InChI is InChI=1S/C41H57N9O16P2S/c1-2-49(29-13-12-28-23-30(40(53)65-31(28)24-29)27-14-20-48(21-15-27)18-10-22-69(60,61)62)19-9-5-6-11-33(51)43-16-7-3-4-8-17-44-41-47-34-37(42)45-26-46-38(34)50(41)39-35(52)36(66-68(57,58)59)32(64-39)25-63-67(54,55)56/h12-15,20-21,23-24,26,32,35-36,39,52H,2-11,16-19,22,25H2,1H3,(H8-,42,43,44,45,46,47,51,54,55,56,57,58,59,60,61,62)/p+1/t32-,35-,36-,39-/m1/s1. The molecule has 4 aromatic heterocycles. The van der Waals surface area contributed by atoms with E-state index in [2.05, 4.69) is 35.0 Å². The molecule has 378 valence electrons. The number of aliphatic hydroxyl groups is 1. The van der Waals surface area contributed by atoms with E-state index in [4.69, 9.17) is 24.0 Å². The maximum Gasteiger partial charge on any atom is 0.470 e. The lowest BCUT2D eigenvalue weighted by molar-refractivity contribution is -0.696. The Bertz CT molecular complexity index is 2810. The number of ether oxygens (including phenoxy) is 1. The van der Waals surface area contributed by atoms with Crippen molar-refractivity contribution >= 4 is 71.3 Å². The Morgan fingerprint density at radius 1 is 0.971 bits per heavy atom. The second-order valence-electron chi connectivity index (χ2n) is 16.4. The number of nitrogens with one attached hydrogen (secondary N) is 2. The normalized spacial score (nSPS) is 17.7. The van der Waals surface area contributed by atoms with Crippen LogP contribution < -0.4 is 31.5 Å². The van der Waals surface area contributed by atoms with Crippen LogP contribution in [0.5, 0.6) is 0 Å². The van der Waals surface area contributed by atoms with Gasteiger partial charge in [0.15, 0.2) is 35.6 Å². The van der Waals surface area contributed by atoms with Gasteiger partial charge < -0.3 is 55.1 Å². The molecule has 5 heterocycles. The van der Waals surface area contributed by atoms with Crippen LogP contribution in [0.25, 0.3) is 33.3 Å². The van der Waals surface area contributed by atoms with Gasteiger partial charge in [-0.05, 0) is 50.8 Å². The van der Waals surface area contributed by atoms with Crippen molar-refractivity contribution < 1.29 is 74.3 Å². The van der Waals surface area contributed by atoms with Gasteiger partial charge in [0.25, 0.3) is 10.1 Å². The predicted molar refractivity (Wildman–Crippen MR) is 250 cm³/mol. The number of anilines is 3. The highest BCUT2D eigenvalue weighted by molar-refractivity contribution is 7.85. The van der Waals surface area contributed by atoms with Crippen LogP contribution in [0.4, 0.5) is 17.5 Å². The molecule has 1 saturated heterocycles. The number of unbranched alkanes of at least 4 members (excludes halogenated alkanes) is 5. The van der Waals surface area contributed by atoms with Crippen LogP contribution in [0.1, 0.15) is 70.9 Å². The lowest BCUT2D eigenvalue weighted by Gasteiger charge is -2.23. The summed E-state index contributed by atoms with van der Waals surface area (Å²) in [5.74, 6) is -0.262. The number of carbonyl (C=O) groups excluding carboxylic acids is 1. The van der Waals surface area contributed by atoms with Crippen LogP contribution in [-0.2, 0) is 44.4 Å². The number of aliphatic hydroxyl groups excluding tert-OH is 1. The molecule has 0 radical (unpaired) electrons. The molecule has 0 saturated carbocycles. The van der Waals surface area contributed by atoms with Crippen molar-refractivity contribution in [3.05, 3.63) is 65.5 Å². The summed E-state index contributed by atoms with van der Waals surface area (Å²) >= 11 is 0. The van der Waals surface area contributed by atoms with Crippen molar-refractivity contribution in [3.8, 4) is 11.1 Å². The minimum absolute atomic E-state index is 0.00488. The van der Waals surface area contributed by atoms with Gasteiger partial charge >= 0.3 is 21.3 Å². The van der Waals surface area contributed by atoms with Gasteiger partial charge in [-0.25, -0.2) is 33.4 Å². The first-order valence-electron chi connectivity index (χ1n) is 22.2. The lowest BCUT2D eigenvalue weighted by atomic mass is 10.1. The lowest BCUT2D eigenvalue weighted by Crippen LogP contribution is -2.36. The van der Waals surface area contributed by atoms with Gasteiger partial charge in [0, 0.05) is 73.9 Å². The first-order chi connectivity index (χ1) is 32.7. The molecule has 1 fully saturated rings. The number of phosphoric ester groups is 2. The third kappa shape index (κ3) is 15.5. The third-order valence-electron chi connectivity index (χ3n) is 11.3. The minimum Gasteiger partial charge on any atom is -0.422 e. The zero-order valence-corrected chi connectivity index (χ0v) is 40.3. The fourth-order valence-electron chi connectivity index (χ4n) is 7.89. The van der Waals surface area contributed by atoms with Crippen LogP contribution in [0.3, 0.4) is 0 Å². The number of nitrogen functional groups attached to an aromatic ring is 1. The number of rotatable bonds is 27. The highest BCUT2D eigenvalue weighted by Gasteiger charge is 2.50. The zero-order chi connectivity index (χ0) is 49.9. The summed E-state index contributed by atoms with van der Waals surface area (Å²) in [5, 5.41) is 18.0. The second kappa shape index (κ2) is 23.8. The van der Waals surface area contributed by atoms with Crippen LogP contribution in [0.2, 0.25) is 0 Å². The highest BCUT2D eigenvalue weighted by Crippen LogP contribution is 2.46. The number of aromatic nitrogens is 5. The number of pyridine rings is 1. The fourth-order valence-corrected chi connectivity index (χ4v) is 9.30. The van der Waals surface area contributed by atoms with E-state index in [0.717, 1.165) is 69.0 Å². The molecule has 0 bridgehead atoms. The molecule has 0 aliphatic carbocycles. The van der Waals surface area contributed by atoms with Crippen LogP contribution in [-0.4, -0.2) is 120 Å². The quantitative estimate of drug-likeness (QED) is 0.0120. The number of aryl methyl sites for hydroxylation is 1. The van der Waals surface area contributed by atoms with Crippen molar-refractivity contribution in [2.45, 2.75) is 95.8 Å². The smallest absolute Gasteiger partial charge is 0.422 e. The van der Waals surface area contributed by atoms with Gasteiger partial charge in [0.2, 0.25) is 11.9 Å². The van der Waals surface area contributed by atoms with E-state index in [1.807, 2.05) is 25.1 Å². The van der Waals surface area contributed by atoms with Crippen molar-refractivity contribution in [2.24, 2.45) is 0 Å². The Morgan fingerprint density at radius 3 is 2.39 bits per heavy atom. The summed E-state index contributed by atoms with van der Waals surface area (Å²) in [6.07, 6.45) is 4.06. The van der Waals surface area contributed by atoms with Gasteiger partial charge in [-0.3, -0.25) is 23.0 Å². The van der Waals surface area contributed by atoms with Gasteiger partial charge in [-0.15, -0.1) is 0 Å². The molecule has 1 aliphatic heterocycles. The Hall–Kier alpha value is -4.95. The topological polar surface area (TPSA) is 365 Å². The zero-order valence-electron chi connectivity index (χ0n) is 37.6. The van der Waals surface area contributed by atoms with E-state index in [1.54, 1.807) is 35.2 Å². The molecule has 1 amide bonds. The number of phosphoric acid groups is 2. The molecule has 28 heteroatoms. The van der Waals surface area contributed by atoms with E-state index in [-0.39, 0.29) is 41.0 Å². The summed E-state index contributed by atoms with van der Waals surface area (Å²) in [4.78, 5) is 77.7. The molecule has 0 unspecified atom stereocenters. The van der Waals surface area contributed by atoms with Gasteiger partial charge in [-0.1, -0.05) is 19.3 Å². The van der Waals surface area contributed by atoms with Crippen molar-refractivity contribution in [3.63, 3.8) is 0 Å². The van der Waals surface area contributed by atoms with Crippen molar-refractivity contribution in [1.29, 1.82) is 0 Å². The second-order valence-corrected chi connectivity index (χ2v) is 20.4. The maximum atomic E-state index is 13.0. The summed E-state index contributed by atoms with van der Waals surface area (Å²) in [7, 11) is -14.3. The monoisotopic (exact) mass is 1030 g/mol. The van der Waals surface area contributed by atoms with Crippen LogP contribution in [0, 0.1) is 0 Å². The van der Waals surface area contributed by atoms with Gasteiger partial charge in [0.1, 0.15) is 36.8 Å². The largest absolute Gasteiger partial charge is 0.470 e. The number of nitrogens with two attached hydrogens (primary N) is 1. The maximum absolute atomic E-state index is 13.0. The number of fused-ring (bicyclic) bond motifs is 2. The number of carbonyl (C=O) groups is 1. The molecule has 4 atom stereocenters. The average molecular weight is 1030 g/mol. The molecule has 6 rings (SSSR count). The van der Waals surface area contributed by atoms with E-state index < -0.39 is 62.5 Å². The van der Waals surface area contributed by atoms with Crippen molar-refractivity contribution in [1.82, 2.24) is 24.8 Å². The number of benzene rings is 1. The fraction of sp³-hybridized carbons (Fsp3) is 0.512. The molecule has 1 aromatic carbocycles. The summed E-state index contributed by atoms with van der Waals surface area (Å²) in [5.41, 5.74) is 8.19. The van der Waals surface area contributed by atoms with E-state index in [0.29, 0.717) is 49.2 Å². The summed E-state index contributed by atoms with van der Waals surface area (Å²) in [6.45, 7) is 3.91. The molecule has 10 N–H and O–H groups in total. The number of hydrogen-bond donors (Lipinski definition) is 9. The Morgan fingerprint density at radius 2 is 1.70 bits per heavy atom. The molecular formula is C41H58N9O16P2S+.